The van der Waals surface area contributed by atoms with Gasteiger partial charge in [-0.25, -0.2) is 0 Å². The molecule has 1 amide bonds. The number of hydrogen-bond acceptors (Lipinski definition) is 3. The summed E-state index contributed by atoms with van der Waals surface area (Å²) in [5, 5.41) is 0. The van der Waals surface area contributed by atoms with Crippen LogP contribution in [0.3, 0.4) is 0 Å². The molecular formula is C20H23BrN2O2. The van der Waals surface area contributed by atoms with E-state index in [4.69, 9.17) is 4.74 Å². The van der Waals surface area contributed by atoms with Gasteiger partial charge in [0.2, 0.25) is 5.91 Å². The molecule has 0 N–H and O–H groups in total. The van der Waals surface area contributed by atoms with Crippen molar-refractivity contribution in [1.29, 1.82) is 0 Å². The Morgan fingerprint density at radius 2 is 1.96 bits per heavy atom. The van der Waals surface area contributed by atoms with E-state index >= 15 is 0 Å². The second kappa shape index (κ2) is 8.02. The highest BCUT2D eigenvalue weighted by Gasteiger charge is 2.29. The number of fused-ring (bicyclic) bond motifs is 1. The van der Waals surface area contributed by atoms with E-state index in [1.807, 2.05) is 66.2 Å². The highest BCUT2D eigenvalue weighted by atomic mass is 79.9. The summed E-state index contributed by atoms with van der Waals surface area (Å²) in [6.07, 6.45) is 0.936. The van der Waals surface area contributed by atoms with Gasteiger partial charge in [0.1, 0.15) is 12.4 Å². The van der Waals surface area contributed by atoms with Gasteiger partial charge in [0, 0.05) is 23.2 Å². The molecule has 0 fully saturated rings. The maximum Gasteiger partial charge on any atom is 0.244 e. The van der Waals surface area contributed by atoms with Crippen LogP contribution in [0.5, 0.6) is 5.75 Å². The third-order valence-electron chi connectivity index (χ3n) is 4.70. The summed E-state index contributed by atoms with van der Waals surface area (Å²) in [5.74, 6) is 0.986. The van der Waals surface area contributed by atoms with Crippen LogP contribution in [0.1, 0.15) is 12.5 Å². The minimum atomic E-state index is -0.181. The smallest absolute Gasteiger partial charge is 0.244 e. The molecule has 0 bridgehead atoms. The van der Waals surface area contributed by atoms with Crippen molar-refractivity contribution in [3.05, 3.63) is 58.6 Å². The van der Waals surface area contributed by atoms with E-state index in [0.717, 1.165) is 28.9 Å². The van der Waals surface area contributed by atoms with Crippen LogP contribution in [0.25, 0.3) is 0 Å². The molecule has 1 atom stereocenters. The van der Waals surface area contributed by atoms with E-state index in [2.05, 4.69) is 22.0 Å². The molecule has 2 aromatic carbocycles. The number of nitrogens with zero attached hydrogens (tertiary/aromatic N) is 2. The Bertz CT molecular complexity index is 733. The highest BCUT2D eigenvalue weighted by molar-refractivity contribution is 9.10. The minimum Gasteiger partial charge on any atom is -0.492 e. The van der Waals surface area contributed by atoms with E-state index in [1.165, 1.54) is 5.56 Å². The van der Waals surface area contributed by atoms with Gasteiger partial charge in [0.25, 0.3) is 0 Å². The predicted molar refractivity (Wildman–Crippen MR) is 104 cm³/mol. The number of halogens is 1. The number of ether oxygens (including phenoxy) is 1. The van der Waals surface area contributed by atoms with Gasteiger partial charge in [-0.3, -0.25) is 9.69 Å². The molecule has 3 rings (SSSR count). The first-order valence-corrected chi connectivity index (χ1v) is 9.33. The predicted octanol–water partition coefficient (Wildman–Crippen LogP) is 3.74. The molecule has 132 valence electrons. The summed E-state index contributed by atoms with van der Waals surface area (Å²) < 4.78 is 6.79. The largest absolute Gasteiger partial charge is 0.492 e. The van der Waals surface area contributed by atoms with Crippen LogP contribution in [0, 0.1) is 0 Å². The van der Waals surface area contributed by atoms with E-state index in [9.17, 15) is 4.79 Å². The zero-order chi connectivity index (χ0) is 17.8. The monoisotopic (exact) mass is 402 g/mol. The van der Waals surface area contributed by atoms with Gasteiger partial charge >= 0.3 is 0 Å². The lowest BCUT2D eigenvalue weighted by Gasteiger charge is -2.28. The van der Waals surface area contributed by atoms with Crippen LogP contribution in [-0.2, 0) is 11.2 Å². The molecule has 0 radical (unpaired) electrons. The Morgan fingerprint density at radius 3 is 2.72 bits per heavy atom. The SMILES string of the molecule is CC(C(=O)N1CCc2ccccc21)N(C)CCOc1ccc(Br)cc1. The summed E-state index contributed by atoms with van der Waals surface area (Å²) in [4.78, 5) is 16.8. The quantitative estimate of drug-likeness (QED) is 0.737. The van der Waals surface area contributed by atoms with E-state index in [0.29, 0.717) is 13.2 Å². The Balaban J connectivity index is 1.53. The topological polar surface area (TPSA) is 32.8 Å². The number of hydrogen-bond donors (Lipinski definition) is 0. The fourth-order valence-electron chi connectivity index (χ4n) is 3.01. The zero-order valence-electron chi connectivity index (χ0n) is 14.6. The van der Waals surface area contributed by atoms with E-state index in [1.54, 1.807) is 0 Å². The number of rotatable bonds is 6. The number of carbonyl (C=O) groups excluding carboxylic acids is 1. The number of para-hydroxylation sites is 1. The van der Waals surface area contributed by atoms with Crippen molar-refractivity contribution in [2.45, 2.75) is 19.4 Å². The van der Waals surface area contributed by atoms with Crippen molar-refractivity contribution < 1.29 is 9.53 Å². The maximum atomic E-state index is 12.9. The number of carbonyl (C=O) groups is 1. The number of anilines is 1. The van der Waals surface area contributed by atoms with Crippen molar-refractivity contribution >= 4 is 27.5 Å². The lowest BCUT2D eigenvalue weighted by atomic mass is 10.2. The average molecular weight is 403 g/mol. The van der Waals surface area contributed by atoms with E-state index < -0.39 is 0 Å². The molecule has 2 aromatic rings. The fraction of sp³-hybridized carbons (Fsp3) is 0.350. The van der Waals surface area contributed by atoms with Crippen LogP contribution < -0.4 is 9.64 Å². The van der Waals surface area contributed by atoms with Gasteiger partial charge in [-0.1, -0.05) is 34.1 Å². The summed E-state index contributed by atoms with van der Waals surface area (Å²) in [5.41, 5.74) is 2.31. The third-order valence-corrected chi connectivity index (χ3v) is 5.23. The minimum absolute atomic E-state index is 0.149. The summed E-state index contributed by atoms with van der Waals surface area (Å²) in [6, 6.07) is 15.7. The fourth-order valence-corrected chi connectivity index (χ4v) is 3.28. The van der Waals surface area contributed by atoms with Crippen molar-refractivity contribution in [1.82, 2.24) is 4.90 Å². The lowest BCUT2D eigenvalue weighted by molar-refractivity contribution is -0.122. The van der Waals surface area contributed by atoms with Crippen molar-refractivity contribution in [2.75, 3.05) is 31.6 Å². The first-order valence-electron chi connectivity index (χ1n) is 8.54. The van der Waals surface area contributed by atoms with Crippen molar-refractivity contribution in [3.63, 3.8) is 0 Å². The second-order valence-corrected chi connectivity index (χ2v) is 7.24. The molecule has 1 aliphatic rings. The van der Waals surface area contributed by atoms with E-state index in [-0.39, 0.29) is 11.9 Å². The van der Waals surface area contributed by atoms with Crippen LogP contribution in [-0.4, -0.2) is 43.6 Å². The molecule has 0 saturated heterocycles. The summed E-state index contributed by atoms with van der Waals surface area (Å²) >= 11 is 3.41. The first kappa shape index (κ1) is 18.0. The van der Waals surface area contributed by atoms with Crippen LogP contribution in [0.2, 0.25) is 0 Å². The highest BCUT2D eigenvalue weighted by Crippen LogP contribution is 2.28. The second-order valence-electron chi connectivity index (χ2n) is 6.33. The summed E-state index contributed by atoms with van der Waals surface area (Å²) in [6.45, 7) is 3.97. The number of benzene rings is 2. The number of amides is 1. The Kier molecular flexibility index (Phi) is 5.76. The molecule has 0 spiro atoms. The molecule has 5 heteroatoms. The molecule has 0 aliphatic carbocycles. The molecule has 1 heterocycles. The Labute approximate surface area is 157 Å². The molecule has 1 unspecified atom stereocenters. The van der Waals surface area contributed by atoms with Gasteiger partial charge < -0.3 is 9.64 Å². The summed E-state index contributed by atoms with van der Waals surface area (Å²) in [7, 11) is 1.97. The average Bonchev–Trinajstić information content (AvgIpc) is 3.06. The third kappa shape index (κ3) is 4.22. The lowest BCUT2D eigenvalue weighted by Crippen LogP contribution is -2.46. The molecule has 4 nitrogen and oxygen atoms in total. The van der Waals surface area contributed by atoms with Crippen LogP contribution in [0.4, 0.5) is 5.69 Å². The van der Waals surface area contributed by atoms with Gasteiger partial charge in [-0.15, -0.1) is 0 Å². The molecule has 1 aliphatic heterocycles. The molecule has 0 saturated carbocycles. The van der Waals surface area contributed by atoms with Gasteiger partial charge in [0.05, 0.1) is 6.04 Å². The van der Waals surface area contributed by atoms with Crippen molar-refractivity contribution in [2.24, 2.45) is 0 Å². The van der Waals surface area contributed by atoms with Gasteiger partial charge in [-0.05, 0) is 56.3 Å². The normalized spacial score (nSPS) is 14.5. The maximum absolute atomic E-state index is 12.9. The molecule has 25 heavy (non-hydrogen) atoms. The standard InChI is InChI=1S/C20H23BrN2O2/c1-15(20(24)23-12-11-16-5-3-4-6-19(16)23)22(2)13-14-25-18-9-7-17(21)8-10-18/h3-10,15H,11-14H2,1-2H3. The molecule has 0 aromatic heterocycles. The van der Waals surface area contributed by atoms with Crippen LogP contribution >= 0.6 is 15.9 Å². The zero-order valence-corrected chi connectivity index (χ0v) is 16.2. The Morgan fingerprint density at radius 1 is 1.24 bits per heavy atom. The van der Waals surface area contributed by atoms with Crippen molar-refractivity contribution in [3.8, 4) is 5.75 Å². The molecular weight excluding hydrogens is 380 g/mol. The van der Waals surface area contributed by atoms with Crippen LogP contribution in [0.15, 0.2) is 53.0 Å². The van der Waals surface area contributed by atoms with Gasteiger partial charge in [-0.2, -0.15) is 0 Å². The number of likely N-dealkylation sites (N-methyl/N-ethyl adjacent to an activating group) is 1. The van der Waals surface area contributed by atoms with Gasteiger partial charge in [0.15, 0.2) is 0 Å². The Hall–Kier alpha value is -1.85. The first-order chi connectivity index (χ1) is 12.1.